The van der Waals surface area contributed by atoms with Gasteiger partial charge in [-0.1, -0.05) is 36.9 Å². The van der Waals surface area contributed by atoms with E-state index in [0.717, 1.165) is 5.56 Å². The summed E-state index contributed by atoms with van der Waals surface area (Å²) < 4.78 is 0. The van der Waals surface area contributed by atoms with Crippen LogP contribution in [0.2, 0.25) is 0 Å². The zero-order valence-electron chi connectivity index (χ0n) is 12.4. The molecule has 0 bridgehead atoms. The average molecular weight is 267 g/mol. The summed E-state index contributed by atoms with van der Waals surface area (Å²) in [4.78, 5) is 0. The van der Waals surface area contributed by atoms with Gasteiger partial charge >= 0.3 is 7.12 Å². The Hall–Kier alpha value is -0.341. The molecule has 0 amide bonds. The first-order valence-electron chi connectivity index (χ1n) is 6.66. The van der Waals surface area contributed by atoms with Crippen LogP contribution in [-0.2, 0) is 0 Å². The summed E-state index contributed by atoms with van der Waals surface area (Å²) in [6.45, 7) is 3.58. The smallest absolute Gasteiger partial charge is 0.423 e. The summed E-state index contributed by atoms with van der Waals surface area (Å²) >= 11 is 0. The Labute approximate surface area is 144 Å². The normalized spacial score (nSPS) is 8.82. The van der Waals surface area contributed by atoms with Crippen molar-refractivity contribution in [2.75, 3.05) is 0 Å². The second-order valence-corrected chi connectivity index (χ2v) is 4.75. The lowest BCUT2D eigenvalue weighted by atomic mass is 8.56. The van der Waals surface area contributed by atoms with Gasteiger partial charge in [0.1, 0.15) is 0 Å². The van der Waals surface area contributed by atoms with Gasteiger partial charge in [0.25, 0.3) is 0 Å². The van der Waals surface area contributed by atoms with E-state index in [4.69, 9.17) is 56.5 Å². The molecule has 1 aromatic carbocycles. The van der Waals surface area contributed by atoms with E-state index in [2.05, 4.69) is 6.58 Å². The van der Waals surface area contributed by atoms with E-state index in [0.29, 0.717) is 5.46 Å². The molecule has 0 saturated carbocycles. The second-order valence-electron chi connectivity index (χ2n) is 4.75. The van der Waals surface area contributed by atoms with Crippen molar-refractivity contribution in [2.45, 2.75) is 0 Å². The number of benzene rings is 1. The maximum Gasteiger partial charge on any atom is 0.488 e. The molecule has 0 fully saturated rings. The molecule has 13 radical (unpaired) electrons. The molecule has 1 aromatic rings. The quantitative estimate of drug-likeness (QED) is 0.513. The molecule has 0 aliphatic rings. The molecule has 0 unspecified atom stereocenters. The lowest BCUT2D eigenvalue weighted by Crippen LogP contribution is -2.63. The molecule has 0 spiro atoms. The van der Waals surface area contributed by atoms with E-state index in [1.807, 2.05) is 0 Å². The first kappa shape index (κ1) is 21.7. The third-order valence-corrected chi connectivity index (χ3v) is 3.03. The number of rotatable bonds is 6. The van der Waals surface area contributed by atoms with Crippen molar-refractivity contribution in [2.24, 2.45) is 0 Å². The lowest BCUT2D eigenvalue weighted by Gasteiger charge is -2.25. The van der Waals surface area contributed by atoms with Crippen LogP contribution >= 0.6 is 0 Å². The monoisotopic (exact) mass is 269 g/mol. The third kappa shape index (κ3) is 7.78. The highest BCUT2D eigenvalue weighted by Crippen LogP contribution is 1.97. The highest BCUT2D eigenvalue weighted by molar-refractivity contribution is 8.01. The topological polar surface area (TPSA) is 40.5 Å². The van der Waals surface area contributed by atoms with Crippen molar-refractivity contribution in [3.63, 3.8) is 0 Å². The first-order valence-corrected chi connectivity index (χ1v) is 6.66. The molecule has 0 atom stereocenters. The standard InChI is InChI=1S/C8H9BO2.B11/c1-2-7-3-5-8(6-4-7)9(10)11;1-7-10(6)11(8(2)3)9(4)5/h2-6,10-11H,1H2;. The fraction of sp³-hybridized carbons (Fsp3) is 0. The molecule has 22 heavy (non-hydrogen) atoms. The minimum atomic E-state index is -1.38. The third-order valence-electron chi connectivity index (χ3n) is 3.03. The predicted octanol–water partition coefficient (Wildman–Crippen LogP) is -4.18. The molecule has 1 rings (SSSR count). The molecule has 0 aliphatic heterocycles. The van der Waals surface area contributed by atoms with Gasteiger partial charge in [0.05, 0.1) is 0 Å². The first-order chi connectivity index (χ1) is 10.2. The fourth-order valence-electron chi connectivity index (χ4n) is 1.70. The van der Waals surface area contributed by atoms with E-state index in [1.54, 1.807) is 30.3 Å². The van der Waals surface area contributed by atoms with Crippen molar-refractivity contribution in [3.05, 3.63) is 36.4 Å². The summed E-state index contributed by atoms with van der Waals surface area (Å²) in [5.74, 6) is 0. The van der Waals surface area contributed by atoms with Crippen LogP contribution in [0.15, 0.2) is 30.8 Å². The van der Waals surface area contributed by atoms with Crippen molar-refractivity contribution in [1.29, 1.82) is 0 Å². The highest BCUT2D eigenvalue weighted by Gasteiger charge is 2.26. The van der Waals surface area contributed by atoms with Gasteiger partial charge in [0.2, 0.25) is 0 Å². The minimum absolute atomic E-state index is 0.389. The molecular weight excluding hydrogens is 258 g/mol. The number of hydrogen-bond donors (Lipinski definition) is 2. The van der Waals surface area contributed by atoms with Gasteiger partial charge in [0, 0.05) is 79.0 Å². The van der Waals surface area contributed by atoms with Gasteiger partial charge in [-0.05, 0) is 11.0 Å². The van der Waals surface area contributed by atoms with E-state index in [9.17, 15) is 0 Å². The van der Waals surface area contributed by atoms with Crippen molar-refractivity contribution in [3.8, 4) is 0 Å². The SMILES string of the molecule is C=Cc1ccc(B(O)O)cc1.[B][B]B([B])B(B([B])[B])B([B])[B]. The zero-order valence-corrected chi connectivity index (χ0v) is 12.4. The maximum absolute atomic E-state index is 8.72. The van der Waals surface area contributed by atoms with Crippen LogP contribution in [0.1, 0.15) is 5.56 Å². The molecule has 2 N–H and O–H groups in total. The molecular formula is C8H9B12O2. The van der Waals surface area contributed by atoms with Crippen LogP contribution in [0.4, 0.5) is 0 Å². The Morgan fingerprint density at radius 3 is 1.64 bits per heavy atom. The molecule has 0 saturated heterocycles. The Kier molecular flexibility index (Phi) is 11.1. The van der Waals surface area contributed by atoms with Gasteiger partial charge in [0.15, 0.2) is 0 Å². The Bertz CT molecular complexity index is 416. The molecule has 0 heterocycles. The van der Waals surface area contributed by atoms with Crippen molar-refractivity contribution < 1.29 is 10.0 Å². The van der Waals surface area contributed by atoms with Crippen LogP contribution in [0.5, 0.6) is 0 Å². The van der Waals surface area contributed by atoms with Gasteiger partial charge in [-0.2, -0.15) is 0 Å². The highest BCUT2D eigenvalue weighted by atomic mass is 16.4. The van der Waals surface area contributed by atoms with Crippen LogP contribution in [0.25, 0.3) is 6.08 Å². The van der Waals surface area contributed by atoms with Crippen LogP contribution < -0.4 is 5.46 Å². The van der Waals surface area contributed by atoms with Crippen LogP contribution in [0, 0.1) is 0 Å². The Balaban J connectivity index is 0.000000401. The summed E-state index contributed by atoms with van der Waals surface area (Å²) in [5, 5.41) is 17.4. The van der Waals surface area contributed by atoms with Gasteiger partial charge in [-0.25, -0.2) is 0 Å². The maximum atomic E-state index is 8.72. The molecule has 2 nitrogen and oxygen atoms in total. The zero-order chi connectivity index (χ0) is 17.3. The molecule has 0 aliphatic carbocycles. The van der Waals surface area contributed by atoms with Gasteiger partial charge < -0.3 is 10.0 Å². The van der Waals surface area contributed by atoms with E-state index in [-0.39, 0.29) is 6.39 Å². The van der Waals surface area contributed by atoms with E-state index >= 15 is 0 Å². The van der Waals surface area contributed by atoms with Crippen molar-refractivity contribution in [1.82, 2.24) is 0 Å². The Morgan fingerprint density at radius 2 is 1.41 bits per heavy atom. The minimum Gasteiger partial charge on any atom is -0.423 e. The predicted molar refractivity (Wildman–Crippen MR) is 110 cm³/mol. The van der Waals surface area contributed by atoms with Gasteiger partial charge in [-0.15, -0.1) is 0 Å². The van der Waals surface area contributed by atoms with Gasteiger partial charge in [-0.3, -0.25) is 0 Å². The lowest BCUT2D eigenvalue weighted by molar-refractivity contribution is 0.426. The van der Waals surface area contributed by atoms with E-state index in [1.165, 1.54) is 7.06 Å². The number of hydrogen-bond acceptors (Lipinski definition) is 2. The van der Waals surface area contributed by atoms with Crippen LogP contribution in [0.3, 0.4) is 0 Å². The largest absolute Gasteiger partial charge is 0.488 e. The van der Waals surface area contributed by atoms with Crippen LogP contribution in [-0.4, -0.2) is 96.2 Å². The summed E-state index contributed by atoms with van der Waals surface area (Å²) in [6, 6.07) is 6.87. The van der Waals surface area contributed by atoms with Crippen molar-refractivity contribution >= 4 is 97.7 Å². The average Bonchev–Trinajstić information content (AvgIpc) is 2.47. The summed E-state index contributed by atoms with van der Waals surface area (Å²) in [6.07, 6.45) is -0.447. The molecule has 0 aromatic heterocycles. The molecule has 89 valence electrons. The van der Waals surface area contributed by atoms with E-state index < -0.39 is 26.3 Å². The fourth-order valence-corrected chi connectivity index (χ4v) is 1.70. The second kappa shape index (κ2) is 11.2. The summed E-state index contributed by atoms with van der Waals surface area (Å²) in [7, 11) is 32.1. The Morgan fingerprint density at radius 1 is 0.955 bits per heavy atom. The molecule has 14 heteroatoms. The summed E-state index contributed by atoms with van der Waals surface area (Å²) in [5.41, 5.74) is 1.46.